The lowest BCUT2D eigenvalue weighted by Crippen LogP contribution is -2.39. The Kier molecular flexibility index (Phi) is 6.21. The van der Waals surface area contributed by atoms with Gasteiger partial charge < -0.3 is 15.2 Å². The molecule has 0 spiro atoms. The highest BCUT2D eigenvalue weighted by Crippen LogP contribution is 2.37. The van der Waals surface area contributed by atoms with Gasteiger partial charge in [0.2, 0.25) is 0 Å². The highest BCUT2D eigenvalue weighted by molar-refractivity contribution is 5.79. The fourth-order valence-corrected chi connectivity index (χ4v) is 3.03. The molecule has 1 saturated carbocycles. The van der Waals surface area contributed by atoms with E-state index in [9.17, 15) is 0 Å². The second-order valence-corrected chi connectivity index (χ2v) is 6.43. The van der Waals surface area contributed by atoms with E-state index >= 15 is 0 Å². The lowest BCUT2D eigenvalue weighted by Gasteiger charge is -2.21. The number of hydrogen-bond donors (Lipinski definition) is 2. The first-order valence-corrected chi connectivity index (χ1v) is 8.56. The Morgan fingerprint density at radius 2 is 2.09 bits per heavy atom. The van der Waals surface area contributed by atoms with Crippen molar-refractivity contribution in [3.63, 3.8) is 0 Å². The molecule has 0 bridgehead atoms. The van der Waals surface area contributed by atoms with Gasteiger partial charge in [-0.05, 0) is 25.2 Å². The van der Waals surface area contributed by atoms with Crippen molar-refractivity contribution in [3.8, 4) is 0 Å². The van der Waals surface area contributed by atoms with Gasteiger partial charge in [-0.15, -0.1) is 10.2 Å². The molecule has 0 amide bonds. The van der Waals surface area contributed by atoms with E-state index in [1.165, 1.54) is 25.7 Å². The molecule has 2 N–H and O–H groups in total. The Labute approximate surface area is 133 Å². The van der Waals surface area contributed by atoms with Gasteiger partial charge >= 0.3 is 0 Å². The molecule has 0 saturated heterocycles. The Balaban J connectivity index is 1.83. The summed E-state index contributed by atoms with van der Waals surface area (Å²) in [6.45, 7) is 10.0. The second kappa shape index (κ2) is 8.15. The SMILES string of the molecule is CCNC(=NCC1(C)CCCC1)NCCn1cnnc1CC. The first-order valence-electron chi connectivity index (χ1n) is 8.56. The fourth-order valence-electron chi connectivity index (χ4n) is 3.03. The molecule has 0 atom stereocenters. The van der Waals surface area contributed by atoms with Crippen molar-refractivity contribution >= 4 is 5.96 Å². The number of aromatic nitrogens is 3. The number of guanidine groups is 1. The summed E-state index contributed by atoms with van der Waals surface area (Å²) in [5, 5.41) is 14.8. The van der Waals surface area contributed by atoms with E-state index in [0.29, 0.717) is 5.41 Å². The lowest BCUT2D eigenvalue weighted by molar-refractivity contribution is 0.350. The average molecular weight is 306 g/mol. The van der Waals surface area contributed by atoms with Crippen molar-refractivity contribution in [1.82, 2.24) is 25.4 Å². The van der Waals surface area contributed by atoms with Crippen LogP contribution in [0, 0.1) is 5.41 Å². The van der Waals surface area contributed by atoms with Crippen LogP contribution < -0.4 is 10.6 Å². The first-order chi connectivity index (χ1) is 10.7. The molecule has 0 aliphatic heterocycles. The van der Waals surface area contributed by atoms with Crippen molar-refractivity contribution in [3.05, 3.63) is 12.2 Å². The molecule has 1 aliphatic rings. The molecule has 1 aliphatic carbocycles. The highest BCUT2D eigenvalue weighted by atomic mass is 15.3. The molecule has 1 heterocycles. The molecule has 6 heteroatoms. The van der Waals surface area contributed by atoms with Crippen LogP contribution in [-0.4, -0.2) is 40.4 Å². The zero-order valence-corrected chi connectivity index (χ0v) is 14.2. The lowest BCUT2D eigenvalue weighted by atomic mass is 9.89. The second-order valence-electron chi connectivity index (χ2n) is 6.43. The van der Waals surface area contributed by atoms with Crippen LogP contribution in [0.4, 0.5) is 0 Å². The van der Waals surface area contributed by atoms with Gasteiger partial charge in [0.15, 0.2) is 5.96 Å². The molecule has 22 heavy (non-hydrogen) atoms. The van der Waals surface area contributed by atoms with Crippen LogP contribution in [-0.2, 0) is 13.0 Å². The van der Waals surface area contributed by atoms with E-state index < -0.39 is 0 Å². The van der Waals surface area contributed by atoms with E-state index in [1.54, 1.807) is 6.33 Å². The third kappa shape index (κ3) is 4.71. The van der Waals surface area contributed by atoms with Crippen LogP contribution in [0.2, 0.25) is 0 Å². The summed E-state index contributed by atoms with van der Waals surface area (Å²) in [4.78, 5) is 4.78. The van der Waals surface area contributed by atoms with E-state index in [4.69, 9.17) is 4.99 Å². The molecule has 124 valence electrons. The average Bonchev–Trinajstić information content (AvgIpc) is 3.14. The molecule has 0 aromatic carbocycles. The minimum Gasteiger partial charge on any atom is -0.357 e. The van der Waals surface area contributed by atoms with Gasteiger partial charge in [0, 0.05) is 32.6 Å². The summed E-state index contributed by atoms with van der Waals surface area (Å²) in [7, 11) is 0. The molecule has 1 fully saturated rings. The molecular weight excluding hydrogens is 276 g/mol. The summed E-state index contributed by atoms with van der Waals surface area (Å²) in [6, 6.07) is 0. The Morgan fingerprint density at radius 1 is 1.32 bits per heavy atom. The van der Waals surface area contributed by atoms with Crippen LogP contribution in [0.3, 0.4) is 0 Å². The predicted octanol–water partition coefficient (Wildman–Crippen LogP) is 1.98. The predicted molar refractivity (Wildman–Crippen MR) is 90.0 cm³/mol. The van der Waals surface area contributed by atoms with Crippen LogP contribution >= 0.6 is 0 Å². The van der Waals surface area contributed by atoms with Gasteiger partial charge in [-0.3, -0.25) is 4.99 Å². The monoisotopic (exact) mass is 306 g/mol. The van der Waals surface area contributed by atoms with Crippen LogP contribution in [0.15, 0.2) is 11.3 Å². The van der Waals surface area contributed by atoms with Gasteiger partial charge in [-0.1, -0.05) is 26.7 Å². The van der Waals surface area contributed by atoms with Gasteiger partial charge in [-0.25, -0.2) is 0 Å². The number of nitrogens with zero attached hydrogens (tertiary/aromatic N) is 4. The zero-order valence-electron chi connectivity index (χ0n) is 14.2. The zero-order chi connectivity index (χ0) is 15.8. The minimum atomic E-state index is 0.395. The molecule has 1 aromatic heterocycles. The third-order valence-corrected chi connectivity index (χ3v) is 4.43. The van der Waals surface area contributed by atoms with E-state index in [1.807, 2.05) is 0 Å². The summed E-state index contributed by atoms with van der Waals surface area (Å²) in [5.74, 6) is 1.95. The van der Waals surface area contributed by atoms with Crippen molar-refractivity contribution in [1.29, 1.82) is 0 Å². The van der Waals surface area contributed by atoms with E-state index in [-0.39, 0.29) is 0 Å². The Bertz CT molecular complexity index is 473. The first kappa shape index (κ1) is 16.8. The van der Waals surface area contributed by atoms with E-state index in [0.717, 1.165) is 44.4 Å². The van der Waals surface area contributed by atoms with Crippen molar-refractivity contribution in [2.75, 3.05) is 19.6 Å². The summed E-state index contributed by atoms with van der Waals surface area (Å²) < 4.78 is 2.09. The fraction of sp³-hybridized carbons (Fsp3) is 0.812. The Hall–Kier alpha value is -1.59. The molecule has 0 radical (unpaired) electrons. The van der Waals surface area contributed by atoms with Gasteiger partial charge in [0.25, 0.3) is 0 Å². The van der Waals surface area contributed by atoms with Crippen LogP contribution in [0.1, 0.15) is 52.3 Å². The summed E-state index contributed by atoms with van der Waals surface area (Å²) in [5.41, 5.74) is 0.395. The number of rotatable bonds is 7. The molecule has 6 nitrogen and oxygen atoms in total. The van der Waals surface area contributed by atoms with Crippen molar-refractivity contribution < 1.29 is 0 Å². The smallest absolute Gasteiger partial charge is 0.191 e. The summed E-state index contributed by atoms with van der Waals surface area (Å²) in [6.07, 6.45) is 8.01. The maximum atomic E-state index is 4.78. The third-order valence-electron chi connectivity index (χ3n) is 4.43. The minimum absolute atomic E-state index is 0.395. The number of nitrogens with one attached hydrogen (secondary N) is 2. The summed E-state index contributed by atoms with van der Waals surface area (Å²) >= 11 is 0. The van der Waals surface area contributed by atoms with Crippen molar-refractivity contribution in [2.45, 2.75) is 59.4 Å². The quantitative estimate of drug-likeness (QED) is 0.597. The maximum Gasteiger partial charge on any atom is 0.191 e. The largest absolute Gasteiger partial charge is 0.357 e. The van der Waals surface area contributed by atoms with Gasteiger partial charge in [0.1, 0.15) is 12.2 Å². The standard InChI is InChI=1S/C16H30N6/c1-4-14-21-20-13-22(14)11-10-18-15(17-5-2)19-12-16(3)8-6-7-9-16/h13H,4-12H2,1-3H3,(H2,17,18,19). The molecule has 2 rings (SSSR count). The van der Waals surface area contributed by atoms with Gasteiger partial charge in [-0.2, -0.15) is 0 Å². The number of aliphatic imine (C=N–C) groups is 1. The number of aryl methyl sites for hydroxylation is 1. The van der Waals surface area contributed by atoms with Crippen LogP contribution in [0.25, 0.3) is 0 Å². The van der Waals surface area contributed by atoms with E-state index in [2.05, 4.69) is 46.2 Å². The molecular formula is C16H30N6. The molecule has 0 unspecified atom stereocenters. The topological polar surface area (TPSA) is 67.1 Å². The Morgan fingerprint density at radius 3 is 2.77 bits per heavy atom. The maximum absolute atomic E-state index is 4.78. The van der Waals surface area contributed by atoms with Gasteiger partial charge in [0.05, 0.1) is 0 Å². The normalized spacial score (nSPS) is 17.7. The van der Waals surface area contributed by atoms with Crippen LogP contribution in [0.5, 0.6) is 0 Å². The molecule has 1 aromatic rings. The number of hydrogen-bond acceptors (Lipinski definition) is 3. The highest BCUT2D eigenvalue weighted by Gasteiger charge is 2.28. The van der Waals surface area contributed by atoms with Crippen molar-refractivity contribution in [2.24, 2.45) is 10.4 Å².